The Bertz CT molecular complexity index is 335. The molecule has 0 aromatic carbocycles. The fraction of sp³-hybridized carbons (Fsp3) is 0.143. The first-order valence-electron chi connectivity index (χ1n) is 3.09. The summed E-state index contributed by atoms with van der Waals surface area (Å²) in [6.07, 6.45) is 1.22. The van der Waals surface area contributed by atoms with E-state index in [1.54, 1.807) is 5.38 Å². The number of thiazole rings is 1. The summed E-state index contributed by atoms with van der Waals surface area (Å²) < 4.78 is 0. The second-order valence-corrected chi connectivity index (χ2v) is 2.64. The highest BCUT2D eigenvalue weighted by Crippen LogP contribution is 2.05. The molecule has 1 heterocycles. The van der Waals surface area contributed by atoms with Crippen molar-refractivity contribution in [3.8, 4) is 11.8 Å². The number of rotatable bonds is 1. The van der Waals surface area contributed by atoms with Crippen LogP contribution in [-0.2, 0) is 0 Å². The average Bonchev–Trinajstić information content (AvgIpc) is 2.50. The highest BCUT2D eigenvalue weighted by atomic mass is 32.1. The van der Waals surface area contributed by atoms with E-state index in [1.165, 1.54) is 17.6 Å². The first-order valence-corrected chi connectivity index (χ1v) is 3.97. The Balaban J connectivity index is 2.77. The minimum Gasteiger partial charge on any atom is -0.411 e. The molecule has 0 unspecified atom stereocenters. The van der Waals surface area contributed by atoms with E-state index in [4.69, 9.17) is 10.3 Å². The SMILES string of the molecule is OCC#Cc1nc(/C=N/O)cs1. The van der Waals surface area contributed by atoms with Gasteiger partial charge in [-0.05, 0) is 5.92 Å². The van der Waals surface area contributed by atoms with Crippen molar-refractivity contribution >= 4 is 17.6 Å². The number of hydrogen-bond donors (Lipinski definition) is 2. The van der Waals surface area contributed by atoms with Gasteiger partial charge in [-0.3, -0.25) is 0 Å². The van der Waals surface area contributed by atoms with E-state index in [2.05, 4.69) is 22.0 Å². The molecule has 1 rings (SSSR count). The van der Waals surface area contributed by atoms with E-state index < -0.39 is 0 Å². The van der Waals surface area contributed by atoms with Crippen molar-refractivity contribution in [2.45, 2.75) is 0 Å². The van der Waals surface area contributed by atoms with Gasteiger partial charge in [-0.2, -0.15) is 0 Å². The van der Waals surface area contributed by atoms with Crippen LogP contribution in [0.5, 0.6) is 0 Å². The third-order valence-corrected chi connectivity index (χ3v) is 1.76. The summed E-state index contributed by atoms with van der Waals surface area (Å²) in [6, 6.07) is 0. The second-order valence-electron chi connectivity index (χ2n) is 1.78. The lowest BCUT2D eigenvalue weighted by Crippen LogP contribution is -1.80. The van der Waals surface area contributed by atoms with Crippen LogP contribution in [0.3, 0.4) is 0 Å². The van der Waals surface area contributed by atoms with E-state index in [0.29, 0.717) is 10.7 Å². The molecule has 0 saturated heterocycles. The van der Waals surface area contributed by atoms with Gasteiger partial charge < -0.3 is 10.3 Å². The Morgan fingerprint density at radius 2 is 2.58 bits per heavy atom. The predicted octanol–water partition coefficient (Wildman–Crippen LogP) is 0.295. The highest BCUT2D eigenvalue weighted by Gasteiger charge is 1.94. The number of aromatic nitrogens is 1. The van der Waals surface area contributed by atoms with Crippen molar-refractivity contribution in [1.82, 2.24) is 4.98 Å². The number of hydrogen-bond acceptors (Lipinski definition) is 5. The molecule has 0 radical (unpaired) electrons. The third-order valence-electron chi connectivity index (χ3n) is 0.986. The maximum absolute atomic E-state index is 8.37. The zero-order valence-corrected chi connectivity index (χ0v) is 6.88. The Morgan fingerprint density at radius 3 is 3.25 bits per heavy atom. The summed E-state index contributed by atoms with van der Waals surface area (Å²) in [4.78, 5) is 3.96. The van der Waals surface area contributed by atoms with E-state index in [-0.39, 0.29) is 6.61 Å². The van der Waals surface area contributed by atoms with Crippen molar-refractivity contribution in [2.24, 2.45) is 5.16 Å². The molecule has 0 saturated carbocycles. The Labute approximate surface area is 73.2 Å². The molecule has 0 atom stereocenters. The molecule has 12 heavy (non-hydrogen) atoms. The molecule has 0 spiro atoms. The first kappa shape index (κ1) is 8.71. The Hall–Kier alpha value is -1.38. The number of aliphatic hydroxyl groups excluding tert-OH is 1. The van der Waals surface area contributed by atoms with Crippen LogP contribution in [0.15, 0.2) is 10.5 Å². The van der Waals surface area contributed by atoms with Gasteiger partial charge in [-0.15, -0.1) is 11.3 Å². The largest absolute Gasteiger partial charge is 0.411 e. The van der Waals surface area contributed by atoms with Crippen molar-refractivity contribution in [3.05, 3.63) is 16.1 Å². The van der Waals surface area contributed by atoms with Gasteiger partial charge in [0.1, 0.15) is 6.61 Å². The minimum absolute atomic E-state index is 0.178. The van der Waals surface area contributed by atoms with Crippen molar-refractivity contribution < 1.29 is 10.3 Å². The van der Waals surface area contributed by atoms with E-state index in [0.717, 1.165) is 0 Å². The fourth-order valence-electron chi connectivity index (χ4n) is 0.577. The van der Waals surface area contributed by atoms with E-state index >= 15 is 0 Å². The quantitative estimate of drug-likeness (QED) is 0.284. The monoisotopic (exact) mass is 182 g/mol. The minimum atomic E-state index is -0.178. The smallest absolute Gasteiger partial charge is 0.167 e. The molecule has 5 heteroatoms. The normalized spacial score (nSPS) is 9.75. The summed E-state index contributed by atoms with van der Waals surface area (Å²) >= 11 is 1.33. The van der Waals surface area contributed by atoms with E-state index in [1.807, 2.05) is 0 Å². The van der Waals surface area contributed by atoms with Crippen LogP contribution in [0.4, 0.5) is 0 Å². The lowest BCUT2D eigenvalue weighted by molar-refractivity contribution is 0.321. The second kappa shape index (κ2) is 4.49. The van der Waals surface area contributed by atoms with Crippen LogP contribution >= 0.6 is 11.3 Å². The van der Waals surface area contributed by atoms with Crippen LogP contribution < -0.4 is 0 Å². The molecule has 4 nitrogen and oxygen atoms in total. The van der Waals surface area contributed by atoms with Crippen LogP contribution in [0.2, 0.25) is 0 Å². The maximum atomic E-state index is 8.37. The molecule has 0 bridgehead atoms. The summed E-state index contributed by atoms with van der Waals surface area (Å²) in [5, 5.41) is 21.7. The molecule has 0 fully saturated rings. The lowest BCUT2D eigenvalue weighted by Gasteiger charge is -1.76. The Kier molecular flexibility index (Phi) is 3.26. The van der Waals surface area contributed by atoms with Gasteiger partial charge in [-0.1, -0.05) is 11.1 Å². The fourth-order valence-corrected chi connectivity index (χ4v) is 1.21. The highest BCUT2D eigenvalue weighted by molar-refractivity contribution is 7.10. The number of aliphatic hydroxyl groups is 1. The van der Waals surface area contributed by atoms with Crippen LogP contribution in [0.25, 0.3) is 0 Å². The molecule has 62 valence electrons. The molecule has 0 amide bonds. The lowest BCUT2D eigenvalue weighted by atomic mass is 10.5. The molecule has 1 aromatic heterocycles. The summed E-state index contributed by atoms with van der Waals surface area (Å²) in [6.45, 7) is -0.178. The van der Waals surface area contributed by atoms with Crippen LogP contribution in [0.1, 0.15) is 10.7 Å². The maximum Gasteiger partial charge on any atom is 0.167 e. The molecule has 2 N–H and O–H groups in total. The zero-order chi connectivity index (χ0) is 8.81. The topological polar surface area (TPSA) is 65.7 Å². The Morgan fingerprint density at radius 1 is 1.75 bits per heavy atom. The van der Waals surface area contributed by atoms with Gasteiger partial charge in [0.25, 0.3) is 0 Å². The molecular formula is C7H6N2O2S. The number of nitrogens with zero attached hydrogens (tertiary/aromatic N) is 2. The molecule has 0 aliphatic rings. The van der Waals surface area contributed by atoms with Crippen molar-refractivity contribution in [2.75, 3.05) is 6.61 Å². The van der Waals surface area contributed by atoms with Crippen LogP contribution in [-0.4, -0.2) is 28.1 Å². The molecule has 0 aliphatic carbocycles. The third kappa shape index (κ3) is 2.34. The average molecular weight is 182 g/mol. The first-order chi connectivity index (χ1) is 5.86. The van der Waals surface area contributed by atoms with Crippen molar-refractivity contribution in [1.29, 1.82) is 0 Å². The van der Waals surface area contributed by atoms with Crippen molar-refractivity contribution in [3.63, 3.8) is 0 Å². The summed E-state index contributed by atoms with van der Waals surface area (Å²) in [7, 11) is 0. The number of oxime groups is 1. The molecular weight excluding hydrogens is 176 g/mol. The van der Waals surface area contributed by atoms with E-state index in [9.17, 15) is 0 Å². The van der Waals surface area contributed by atoms with Gasteiger partial charge >= 0.3 is 0 Å². The summed E-state index contributed by atoms with van der Waals surface area (Å²) in [5.74, 6) is 5.10. The standard InChI is InChI=1S/C7H6N2O2S/c10-3-1-2-7-9-6(4-8-11)5-12-7/h4-5,10-11H,3H2/b8-4+. The van der Waals surface area contributed by atoms with Gasteiger partial charge in [0, 0.05) is 5.38 Å². The van der Waals surface area contributed by atoms with Gasteiger partial charge in [-0.25, -0.2) is 4.98 Å². The predicted molar refractivity (Wildman–Crippen MR) is 45.5 cm³/mol. The summed E-state index contributed by atoms with van der Waals surface area (Å²) in [5.41, 5.74) is 0.560. The zero-order valence-electron chi connectivity index (χ0n) is 6.06. The van der Waals surface area contributed by atoms with Crippen LogP contribution in [0, 0.1) is 11.8 Å². The molecule has 0 aliphatic heterocycles. The van der Waals surface area contributed by atoms with Gasteiger partial charge in [0.05, 0.1) is 11.9 Å². The van der Waals surface area contributed by atoms with Gasteiger partial charge in [0.15, 0.2) is 5.01 Å². The molecule has 1 aromatic rings. The van der Waals surface area contributed by atoms with Gasteiger partial charge in [0.2, 0.25) is 0 Å².